The van der Waals surface area contributed by atoms with Crippen LogP contribution in [0.25, 0.3) is 0 Å². The number of rotatable bonds is 5. The molecule has 0 atom stereocenters. The Morgan fingerprint density at radius 2 is 2.21 bits per heavy atom. The average Bonchev–Trinajstić information content (AvgIpc) is 2.20. The van der Waals surface area contributed by atoms with Crippen LogP contribution in [-0.4, -0.2) is 50.8 Å². The summed E-state index contributed by atoms with van der Waals surface area (Å²) in [6.07, 6.45) is 7.93. The number of likely N-dealkylation sites (N-methyl/N-ethyl adjacent to an activating group) is 1. The van der Waals surface area contributed by atoms with Crippen molar-refractivity contribution in [1.29, 1.82) is 0 Å². The molecule has 1 N–H and O–H groups in total. The van der Waals surface area contributed by atoms with Gasteiger partial charge in [0.1, 0.15) is 0 Å². The van der Waals surface area contributed by atoms with Crippen LogP contribution in [0.4, 0.5) is 0 Å². The lowest BCUT2D eigenvalue weighted by atomic mass is 10.1. The molecule has 14 heavy (non-hydrogen) atoms. The van der Waals surface area contributed by atoms with Crippen LogP contribution in [0.5, 0.6) is 0 Å². The zero-order valence-electron chi connectivity index (χ0n) is 8.96. The molecule has 0 saturated carbocycles. The third-order valence-electron chi connectivity index (χ3n) is 2.47. The molecular formula is C11H20N2O. The standard InChI is InChI=1S/C11H20N2O/c1-3-8-13(2)9-10-14-11-4-6-12-7-5-11/h1,11-12H,4-10H2,2H3. The Morgan fingerprint density at radius 3 is 2.86 bits per heavy atom. The van der Waals surface area contributed by atoms with Crippen LogP contribution in [0.2, 0.25) is 0 Å². The normalized spacial score (nSPS) is 18.4. The third-order valence-corrected chi connectivity index (χ3v) is 2.47. The fraction of sp³-hybridized carbons (Fsp3) is 0.818. The van der Waals surface area contributed by atoms with E-state index in [-0.39, 0.29) is 0 Å². The second-order valence-corrected chi connectivity index (χ2v) is 3.76. The summed E-state index contributed by atoms with van der Waals surface area (Å²) < 4.78 is 5.75. The molecule has 3 heteroatoms. The molecule has 1 rings (SSSR count). The zero-order valence-corrected chi connectivity index (χ0v) is 8.96. The van der Waals surface area contributed by atoms with Crippen molar-refractivity contribution in [3.05, 3.63) is 0 Å². The van der Waals surface area contributed by atoms with Crippen molar-refractivity contribution in [2.24, 2.45) is 0 Å². The molecule has 1 fully saturated rings. The topological polar surface area (TPSA) is 24.5 Å². The first kappa shape index (κ1) is 11.5. The van der Waals surface area contributed by atoms with Crippen molar-refractivity contribution < 1.29 is 4.74 Å². The van der Waals surface area contributed by atoms with E-state index in [1.54, 1.807) is 0 Å². The molecule has 0 aromatic carbocycles. The Hall–Kier alpha value is -0.560. The van der Waals surface area contributed by atoms with Gasteiger partial charge in [-0.2, -0.15) is 0 Å². The monoisotopic (exact) mass is 196 g/mol. The number of hydrogen-bond donors (Lipinski definition) is 1. The van der Waals surface area contributed by atoms with Crippen LogP contribution in [0, 0.1) is 12.3 Å². The van der Waals surface area contributed by atoms with Crippen LogP contribution in [0.3, 0.4) is 0 Å². The van der Waals surface area contributed by atoms with Crippen molar-refractivity contribution in [3.8, 4) is 12.3 Å². The number of nitrogens with one attached hydrogen (secondary N) is 1. The Kier molecular flexibility index (Phi) is 5.62. The van der Waals surface area contributed by atoms with Crippen LogP contribution in [0.15, 0.2) is 0 Å². The molecule has 0 bridgehead atoms. The van der Waals surface area contributed by atoms with E-state index in [2.05, 4.69) is 16.1 Å². The number of hydrogen-bond acceptors (Lipinski definition) is 3. The zero-order chi connectivity index (χ0) is 10.2. The maximum Gasteiger partial charge on any atom is 0.0600 e. The van der Waals surface area contributed by atoms with E-state index in [1.807, 2.05) is 7.05 Å². The van der Waals surface area contributed by atoms with E-state index in [1.165, 1.54) is 0 Å². The van der Waals surface area contributed by atoms with Crippen molar-refractivity contribution in [2.45, 2.75) is 18.9 Å². The van der Waals surface area contributed by atoms with E-state index in [0.717, 1.165) is 39.1 Å². The van der Waals surface area contributed by atoms with Gasteiger partial charge in [-0.1, -0.05) is 5.92 Å². The molecule has 0 aliphatic carbocycles. The summed E-state index contributed by atoms with van der Waals surface area (Å²) in [5, 5.41) is 3.32. The maximum absolute atomic E-state index is 5.75. The molecule has 80 valence electrons. The van der Waals surface area contributed by atoms with Gasteiger partial charge in [-0.05, 0) is 33.0 Å². The van der Waals surface area contributed by atoms with Crippen LogP contribution in [0.1, 0.15) is 12.8 Å². The van der Waals surface area contributed by atoms with Crippen molar-refractivity contribution >= 4 is 0 Å². The van der Waals surface area contributed by atoms with E-state index in [4.69, 9.17) is 11.2 Å². The van der Waals surface area contributed by atoms with E-state index in [0.29, 0.717) is 12.6 Å². The Labute approximate surface area is 86.8 Å². The minimum atomic E-state index is 0.454. The summed E-state index contributed by atoms with van der Waals surface area (Å²) >= 11 is 0. The summed E-state index contributed by atoms with van der Waals surface area (Å²) in [5.74, 6) is 2.62. The molecule has 1 aliphatic heterocycles. The van der Waals surface area contributed by atoms with Gasteiger partial charge in [0.05, 0.1) is 19.3 Å². The molecule has 3 nitrogen and oxygen atoms in total. The van der Waals surface area contributed by atoms with Gasteiger partial charge >= 0.3 is 0 Å². The van der Waals surface area contributed by atoms with Gasteiger partial charge in [0, 0.05) is 6.54 Å². The summed E-state index contributed by atoms with van der Waals surface area (Å²) in [7, 11) is 2.02. The lowest BCUT2D eigenvalue weighted by Gasteiger charge is -2.24. The quantitative estimate of drug-likeness (QED) is 0.641. The van der Waals surface area contributed by atoms with Crippen molar-refractivity contribution in [3.63, 3.8) is 0 Å². The van der Waals surface area contributed by atoms with Gasteiger partial charge < -0.3 is 10.1 Å². The summed E-state index contributed by atoms with van der Waals surface area (Å²) in [6, 6.07) is 0. The Morgan fingerprint density at radius 1 is 1.50 bits per heavy atom. The highest BCUT2D eigenvalue weighted by Crippen LogP contribution is 2.06. The fourth-order valence-electron chi connectivity index (χ4n) is 1.57. The summed E-state index contributed by atoms with van der Waals surface area (Å²) in [5.41, 5.74) is 0. The third kappa shape index (κ3) is 4.61. The largest absolute Gasteiger partial charge is 0.377 e. The fourth-order valence-corrected chi connectivity index (χ4v) is 1.57. The molecule has 1 saturated heterocycles. The highest BCUT2D eigenvalue weighted by Gasteiger charge is 2.12. The molecule has 0 radical (unpaired) electrons. The molecule has 0 amide bonds. The number of piperidine rings is 1. The molecule has 1 heterocycles. The van der Waals surface area contributed by atoms with E-state index >= 15 is 0 Å². The predicted octanol–water partition coefficient (Wildman–Crippen LogP) is 0.320. The Balaban J connectivity index is 2.00. The molecule has 0 aromatic rings. The maximum atomic E-state index is 5.75. The van der Waals surface area contributed by atoms with Crippen LogP contribution < -0.4 is 5.32 Å². The Bertz CT molecular complexity index is 182. The van der Waals surface area contributed by atoms with Crippen LogP contribution >= 0.6 is 0 Å². The molecule has 0 unspecified atom stereocenters. The summed E-state index contributed by atoms with van der Waals surface area (Å²) in [6.45, 7) is 4.60. The highest BCUT2D eigenvalue weighted by molar-refractivity contribution is 4.87. The number of ether oxygens (including phenoxy) is 1. The number of terminal acetylenes is 1. The van der Waals surface area contributed by atoms with E-state index < -0.39 is 0 Å². The molecule has 0 aromatic heterocycles. The van der Waals surface area contributed by atoms with E-state index in [9.17, 15) is 0 Å². The molecular weight excluding hydrogens is 176 g/mol. The first-order valence-electron chi connectivity index (χ1n) is 5.27. The summed E-state index contributed by atoms with van der Waals surface area (Å²) in [4.78, 5) is 2.10. The number of nitrogens with zero attached hydrogens (tertiary/aromatic N) is 1. The van der Waals surface area contributed by atoms with Gasteiger partial charge in [-0.25, -0.2) is 0 Å². The minimum absolute atomic E-state index is 0.454. The SMILES string of the molecule is C#CCN(C)CCOC1CCNCC1. The second-order valence-electron chi connectivity index (χ2n) is 3.76. The lowest BCUT2D eigenvalue weighted by Crippen LogP contribution is -2.34. The minimum Gasteiger partial charge on any atom is -0.377 e. The molecule has 1 aliphatic rings. The smallest absolute Gasteiger partial charge is 0.0600 e. The van der Waals surface area contributed by atoms with Crippen molar-refractivity contribution in [2.75, 3.05) is 39.8 Å². The average molecular weight is 196 g/mol. The van der Waals surface area contributed by atoms with Gasteiger partial charge in [0.15, 0.2) is 0 Å². The van der Waals surface area contributed by atoms with Gasteiger partial charge in [-0.3, -0.25) is 4.90 Å². The first-order valence-corrected chi connectivity index (χ1v) is 5.27. The van der Waals surface area contributed by atoms with Gasteiger partial charge in [0.2, 0.25) is 0 Å². The van der Waals surface area contributed by atoms with Gasteiger partial charge in [-0.15, -0.1) is 6.42 Å². The highest BCUT2D eigenvalue weighted by atomic mass is 16.5. The van der Waals surface area contributed by atoms with Crippen LogP contribution in [-0.2, 0) is 4.74 Å². The predicted molar refractivity (Wildman–Crippen MR) is 58.2 cm³/mol. The lowest BCUT2D eigenvalue weighted by molar-refractivity contribution is 0.0245. The van der Waals surface area contributed by atoms with Crippen molar-refractivity contribution in [1.82, 2.24) is 10.2 Å². The van der Waals surface area contributed by atoms with Gasteiger partial charge in [0.25, 0.3) is 0 Å². The second kappa shape index (κ2) is 6.83. The molecule has 0 spiro atoms. The first-order chi connectivity index (χ1) is 6.83.